The Morgan fingerprint density at radius 2 is 1.63 bits per heavy atom. The number of aliphatic carboxylic acids is 1. The smallest absolute Gasteiger partial charge is 0.303 e. The molecule has 1 aliphatic carbocycles. The first-order valence-electron chi connectivity index (χ1n) is 13.2. The van der Waals surface area contributed by atoms with Gasteiger partial charge in [-0.15, -0.1) is 0 Å². The van der Waals surface area contributed by atoms with Gasteiger partial charge < -0.3 is 14.9 Å². The number of likely N-dealkylation sites (tertiary alicyclic amines) is 1. The summed E-state index contributed by atoms with van der Waals surface area (Å²) in [7, 11) is 0. The van der Waals surface area contributed by atoms with Crippen LogP contribution in [0.25, 0.3) is 11.1 Å². The highest BCUT2D eigenvalue weighted by Crippen LogP contribution is 2.38. The summed E-state index contributed by atoms with van der Waals surface area (Å²) in [6.45, 7) is 2.66. The number of hydrogen-bond acceptors (Lipinski definition) is 4. The van der Waals surface area contributed by atoms with Crippen molar-refractivity contribution in [3.8, 4) is 11.1 Å². The number of benzene rings is 2. The summed E-state index contributed by atoms with van der Waals surface area (Å²) in [4.78, 5) is 13.2. The molecule has 0 amide bonds. The molecular weight excluding hydrogens is 438 g/mol. The van der Waals surface area contributed by atoms with Crippen LogP contribution in [0, 0.1) is 5.92 Å². The molecule has 4 atom stereocenters. The van der Waals surface area contributed by atoms with E-state index in [1.807, 2.05) is 12.1 Å². The van der Waals surface area contributed by atoms with Crippen LogP contribution in [-0.2, 0) is 16.1 Å². The molecule has 188 valence electrons. The highest BCUT2D eigenvalue weighted by Gasteiger charge is 2.45. The van der Waals surface area contributed by atoms with Gasteiger partial charge in [0.2, 0.25) is 0 Å². The fourth-order valence-electron chi connectivity index (χ4n) is 5.69. The van der Waals surface area contributed by atoms with Gasteiger partial charge in [-0.05, 0) is 61.9 Å². The highest BCUT2D eigenvalue weighted by molar-refractivity contribution is 5.66. The van der Waals surface area contributed by atoms with E-state index in [2.05, 4.69) is 59.5 Å². The quantitative estimate of drug-likeness (QED) is 0.408. The second kappa shape index (κ2) is 13.0. The van der Waals surface area contributed by atoms with Crippen LogP contribution < -0.4 is 0 Å². The van der Waals surface area contributed by atoms with Crippen LogP contribution in [0.2, 0.25) is 0 Å². The Hall–Kier alpha value is -2.47. The molecule has 5 heteroatoms. The van der Waals surface area contributed by atoms with Crippen LogP contribution in [0.5, 0.6) is 0 Å². The van der Waals surface area contributed by atoms with E-state index in [4.69, 9.17) is 9.84 Å². The van der Waals surface area contributed by atoms with Crippen LogP contribution in [0.15, 0.2) is 66.7 Å². The lowest BCUT2D eigenvalue weighted by Gasteiger charge is -2.38. The van der Waals surface area contributed by atoms with Gasteiger partial charge in [-0.25, -0.2) is 0 Å². The maximum Gasteiger partial charge on any atom is 0.303 e. The summed E-state index contributed by atoms with van der Waals surface area (Å²) in [6, 6.07) is 19.1. The molecule has 0 radical (unpaired) electrons. The maximum absolute atomic E-state index is 11.0. The highest BCUT2D eigenvalue weighted by atomic mass is 16.5. The first kappa shape index (κ1) is 25.6. The maximum atomic E-state index is 11.0. The molecular formula is C30H39NO4. The molecule has 0 spiro atoms. The second-order valence-corrected chi connectivity index (χ2v) is 9.95. The van der Waals surface area contributed by atoms with E-state index >= 15 is 0 Å². The Labute approximate surface area is 209 Å². The first-order chi connectivity index (χ1) is 17.1. The first-order valence-corrected chi connectivity index (χ1v) is 13.2. The standard InChI is InChI=1S/C30H39NO4/c32-27-21-28(35-22-23-15-17-25(18-16-23)24-11-5-3-6-12-24)26(13-7-1-2-8-14-29(33)34)30(27)31-19-9-4-10-20-31/h1-3,5-6,11-12,15-18,26-28,30,32H,4,7-10,13-14,19-22H2,(H,33,34)/t26-,27+,28+,30+/m1/s1. The monoisotopic (exact) mass is 477 g/mol. The number of ether oxygens (including phenoxy) is 1. The van der Waals surface area contributed by atoms with E-state index in [-0.39, 0.29) is 30.6 Å². The molecule has 35 heavy (non-hydrogen) atoms. The van der Waals surface area contributed by atoms with Crippen molar-refractivity contribution < 1.29 is 19.7 Å². The number of piperidine rings is 1. The van der Waals surface area contributed by atoms with Crippen LogP contribution >= 0.6 is 0 Å². The fourth-order valence-corrected chi connectivity index (χ4v) is 5.69. The normalized spacial score (nSPS) is 25.3. The third-order valence-corrected chi connectivity index (χ3v) is 7.48. The third-order valence-electron chi connectivity index (χ3n) is 7.48. The third kappa shape index (κ3) is 7.26. The minimum Gasteiger partial charge on any atom is -0.481 e. The van der Waals surface area contributed by atoms with Crippen molar-refractivity contribution in [1.29, 1.82) is 0 Å². The van der Waals surface area contributed by atoms with Gasteiger partial charge in [-0.3, -0.25) is 9.69 Å². The van der Waals surface area contributed by atoms with E-state index in [1.165, 1.54) is 30.4 Å². The topological polar surface area (TPSA) is 70.0 Å². The lowest BCUT2D eigenvalue weighted by molar-refractivity contribution is -0.136. The number of rotatable bonds is 11. The molecule has 0 aromatic heterocycles. The van der Waals surface area contributed by atoms with Crippen LogP contribution in [0.4, 0.5) is 0 Å². The molecule has 4 rings (SSSR count). The van der Waals surface area contributed by atoms with Crippen LogP contribution in [-0.4, -0.2) is 52.4 Å². The molecule has 1 aliphatic heterocycles. The van der Waals surface area contributed by atoms with Crippen molar-refractivity contribution in [3.05, 3.63) is 72.3 Å². The SMILES string of the molecule is O=C(O)CCC=CCC[C@H]1[C@H](N2CCCCC2)[C@@H](O)C[C@@H]1OCc1ccc(-c2ccccc2)cc1. The van der Waals surface area contributed by atoms with E-state index in [0.717, 1.165) is 31.5 Å². The van der Waals surface area contributed by atoms with Gasteiger partial charge in [0.1, 0.15) is 0 Å². The minimum absolute atomic E-state index is 0.0261. The van der Waals surface area contributed by atoms with Crippen LogP contribution in [0.1, 0.15) is 56.9 Å². The molecule has 2 N–H and O–H groups in total. The van der Waals surface area contributed by atoms with Gasteiger partial charge in [-0.1, -0.05) is 73.2 Å². The summed E-state index contributed by atoms with van der Waals surface area (Å²) < 4.78 is 6.46. The van der Waals surface area contributed by atoms with Crippen molar-refractivity contribution in [2.24, 2.45) is 5.92 Å². The number of carboxylic acids is 1. The Morgan fingerprint density at radius 3 is 2.34 bits per heavy atom. The Bertz CT molecular complexity index is 937. The van der Waals surface area contributed by atoms with E-state index < -0.39 is 5.97 Å². The van der Waals surface area contributed by atoms with E-state index in [0.29, 0.717) is 19.4 Å². The zero-order valence-electron chi connectivity index (χ0n) is 20.6. The number of hydrogen-bond donors (Lipinski definition) is 2. The van der Waals surface area contributed by atoms with Crippen molar-refractivity contribution in [3.63, 3.8) is 0 Å². The average molecular weight is 478 g/mol. The fraction of sp³-hybridized carbons (Fsp3) is 0.500. The Kier molecular flexibility index (Phi) is 9.52. The zero-order chi connectivity index (χ0) is 24.5. The molecule has 5 nitrogen and oxygen atoms in total. The summed E-state index contributed by atoms with van der Waals surface area (Å²) in [5.74, 6) is -0.486. The van der Waals surface area contributed by atoms with Crippen molar-refractivity contribution in [2.45, 2.75) is 76.2 Å². The molecule has 1 heterocycles. The molecule has 1 saturated carbocycles. The average Bonchev–Trinajstić information content (AvgIpc) is 3.20. The van der Waals surface area contributed by atoms with Gasteiger partial charge in [0.05, 0.1) is 18.8 Å². The van der Waals surface area contributed by atoms with Crippen molar-refractivity contribution in [2.75, 3.05) is 13.1 Å². The van der Waals surface area contributed by atoms with Gasteiger partial charge in [-0.2, -0.15) is 0 Å². The van der Waals surface area contributed by atoms with Gasteiger partial charge in [0.25, 0.3) is 0 Å². The molecule has 2 aromatic rings. The molecule has 1 saturated heterocycles. The number of carboxylic acid groups (broad SMARTS) is 1. The predicted octanol–water partition coefficient (Wildman–Crippen LogP) is 5.68. The second-order valence-electron chi connectivity index (χ2n) is 9.95. The molecule has 0 bridgehead atoms. The van der Waals surface area contributed by atoms with E-state index in [1.54, 1.807) is 0 Å². The number of allylic oxidation sites excluding steroid dienone is 2. The zero-order valence-corrected chi connectivity index (χ0v) is 20.6. The molecule has 2 aliphatic rings. The number of carbonyl (C=O) groups is 1. The summed E-state index contributed by atoms with van der Waals surface area (Å²) >= 11 is 0. The number of aliphatic hydroxyl groups is 1. The van der Waals surface area contributed by atoms with Gasteiger partial charge >= 0.3 is 5.97 Å². The van der Waals surface area contributed by atoms with Gasteiger partial charge in [0.15, 0.2) is 0 Å². The number of nitrogens with zero attached hydrogens (tertiary/aromatic N) is 1. The Morgan fingerprint density at radius 1 is 0.943 bits per heavy atom. The minimum atomic E-state index is -0.760. The van der Waals surface area contributed by atoms with Crippen molar-refractivity contribution >= 4 is 5.97 Å². The Balaban J connectivity index is 1.37. The lowest BCUT2D eigenvalue weighted by Crippen LogP contribution is -2.47. The van der Waals surface area contributed by atoms with Gasteiger partial charge in [0, 0.05) is 24.8 Å². The summed E-state index contributed by atoms with van der Waals surface area (Å²) in [5, 5.41) is 19.9. The predicted molar refractivity (Wildman–Crippen MR) is 139 cm³/mol. The number of aliphatic hydroxyl groups excluding tert-OH is 1. The molecule has 2 aromatic carbocycles. The van der Waals surface area contributed by atoms with E-state index in [9.17, 15) is 9.90 Å². The summed E-state index contributed by atoms with van der Waals surface area (Å²) in [6.07, 6.45) is 10.6. The largest absolute Gasteiger partial charge is 0.481 e. The van der Waals surface area contributed by atoms with Crippen LogP contribution in [0.3, 0.4) is 0 Å². The summed E-state index contributed by atoms with van der Waals surface area (Å²) in [5.41, 5.74) is 3.55. The van der Waals surface area contributed by atoms with Crippen molar-refractivity contribution in [1.82, 2.24) is 4.90 Å². The molecule has 2 fully saturated rings. The lowest BCUT2D eigenvalue weighted by atomic mass is 9.92. The molecule has 0 unspecified atom stereocenters.